The van der Waals surface area contributed by atoms with E-state index >= 15 is 0 Å². The van der Waals surface area contributed by atoms with Gasteiger partial charge in [0.15, 0.2) is 34.5 Å². The van der Waals surface area contributed by atoms with Crippen molar-refractivity contribution in [2.45, 2.75) is 44.3 Å². The predicted octanol–water partition coefficient (Wildman–Crippen LogP) is 11.3. The van der Waals surface area contributed by atoms with Crippen LogP contribution >= 0.6 is 0 Å². The van der Waals surface area contributed by atoms with Crippen molar-refractivity contribution in [3.63, 3.8) is 0 Å². The first kappa shape index (κ1) is 52.0. The van der Waals surface area contributed by atoms with Crippen LogP contribution in [0.1, 0.15) is 72.6 Å². The Bertz CT molecular complexity index is 3490. The van der Waals surface area contributed by atoms with E-state index in [1.54, 1.807) is 101 Å². The summed E-state index contributed by atoms with van der Waals surface area (Å²) in [6.07, 6.45) is 13.5. The first-order chi connectivity index (χ1) is 37.9. The number of ether oxygens (including phenoxy) is 7. The van der Waals surface area contributed by atoms with Crippen LogP contribution in [0.4, 0.5) is 17.1 Å². The third kappa shape index (κ3) is 10.2. The molecule has 6 aliphatic heterocycles. The third-order valence-corrected chi connectivity index (χ3v) is 14.3. The summed E-state index contributed by atoms with van der Waals surface area (Å²) in [5, 5.41) is 0. The molecular formula is C62H58N6O10. The van der Waals surface area contributed by atoms with Crippen LogP contribution in [-0.4, -0.2) is 119 Å². The van der Waals surface area contributed by atoms with Crippen LogP contribution < -0.4 is 33.2 Å². The van der Waals surface area contributed by atoms with Crippen LogP contribution in [0.2, 0.25) is 0 Å². The average Bonchev–Trinajstić information content (AvgIpc) is 4.25. The topological polar surface area (TPSA) is 163 Å². The molecule has 16 heteroatoms. The SMILES string of the molecule is COc1cc2c(cc1OC)C(=O)N1C=C(c3ccc(C)cc3)C[C@H]1C=N2.COc1cc2c(cc1OC)C(=O)N1C=C(c3ccccc3)C[C@H]1C=N2.COc1ccc(C2=CN3C(=O)c4cc(OC)c(OC)cc4N=C[C@@H]3C2)cc1. The lowest BCUT2D eigenvalue weighted by Crippen LogP contribution is -2.32. The van der Waals surface area contributed by atoms with Crippen molar-refractivity contribution in [2.75, 3.05) is 49.8 Å². The molecule has 6 aliphatic rings. The highest BCUT2D eigenvalue weighted by molar-refractivity contribution is 6.07. The van der Waals surface area contributed by atoms with Gasteiger partial charge in [-0.2, -0.15) is 0 Å². The maximum Gasteiger partial charge on any atom is 0.260 e. The van der Waals surface area contributed by atoms with E-state index in [0.29, 0.717) is 74.7 Å². The van der Waals surface area contributed by atoms with Gasteiger partial charge in [-0.3, -0.25) is 29.4 Å². The van der Waals surface area contributed by atoms with E-state index in [1.807, 2.05) is 79.7 Å². The Morgan fingerprint density at radius 1 is 0.385 bits per heavy atom. The minimum absolute atomic E-state index is 0.0768. The van der Waals surface area contributed by atoms with Gasteiger partial charge in [0.1, 0.15) is 5.75 Å². The number of hydrogen-bond donors (Lipinski definition) is 0. The number of carbonyl (C=O) groups is 3. The average molecular weight is 1050 g/mol. The van der Waals surface area contributed by atoms with Crippen molar-refractivity contribution < 1.29 is 47.5 Å². The first-order valence-corrected chi connectivity index (χ1v) is 25.2. The number of carbonyl (C=O) groups excluding carboxylic acids is 3. The third-order valence-electron chi connectivity index (χ3n) is 14.3. The number of hydrogen-bond acceptors (Lipinski definition) is 13. The lowest BCUT2D eigenvalue weighted by Gasteiger charge is -2.18. The molecule has 0 aliphatic carbocycles. The molecule has 16 nitrogen and oxygen atoms in total. The molecule has 6 aromatic rings. The van der Waals surface area contributed by atoms with Gasteiger partial charge < -0.3 is 47.9 Å². The number of methoxy groups -OCH3 is 7. The monoisotopic (exact) mass is 1050 g/mol. The zero-order valence-corrected chi connectivity index (χ0v) is 44.6. The summed E-state index contributed by atoms with van der Waals surface area (Å²) in [6.45, 7) is 2.06. The molecule has 12 rings (SSSR count). The molecule has 0 saturated heterocycles. The van der Waals surface area contributed by atoms with Crippen LogP contribution in [0.3, 0.4) is 0 Å². The summed E-state index contributed by atoms with van der Waals surface area (Å²) >= 11 is 0. The zero-order chi connectivity index (χ0) is 54.6. The first-order valence-electron chi connectivity index (χ1n) is 25.2. The highest BCUT2D eigenvalue weighted by Crippen LogP contribution is 2.43. The number of nitrogens with zero attached hydrogens (tertiary/aromatic N) is 6. The van der Waals surface area contributed by atoms with Gasteiger partial charge in [-0.1, -0.05) is 72.3 Å². The van der Waals surface area contributed by atoms with E-state index in [9.17, 15) is 14.4 Å². The Kier molecular flexibility index (Phi) is 14.9. The number of fused-ring (bicyclic) bond motifs is 6. The fourth-order valence-corrected chi connectivity index (χ4v) is 10.1. The van der Waals surface area contributed by atoms with Crippen LogP contribution in [0, 0.1) is 6.92 Å². The summed E-state index contributed by atoms with van der Waals surface area (Å²) in [4.78, 5) is 58.2. The number of aryl methyl sites for hydroxylation is 1. The van der Waals surface area contributed by atoms with Gasteiger partial charge in [-0.25, -0.2) is 0 Å². The van der Waals surface area contributed by atoms with Crippen LogP contribution in [0.15, 0.2) is 149 Å². The minimum Gasteiger partial charge on any atom is -0.497 e. The van der Waals surface area contributed by atoms with E-state index in [0.717, 1.165) is 52.0 Å². The largest absolute Gasteiger partial charge is 0.497 e. The van der Waals surface area contributed by atoms with Crippen LogP contribution in [0.25, 0.3) is 16.7 Å². The Hall–Kier alpha value is -9.44. The van der Waals surface area contributed by atoms with Gasteiger partial charge in [0.2, 0.25) is 0 Å². The fraction of sp³-hybridized carbons (Fsp3) is 0.226. The molecule has 0 spiro atoms. The van der Waals surface area contributed by atoms with Gasteiger partial charge in [-0.15, -0.1) is 0 Å². The van der Waals surface area contributed by atoms with Gasteiger partial charge in [-0.05, 0) is 70.7 Å². The van der Waals surface area contributed by atoms with Crippen LogP contribution in [0.5, 0.6) is 40.2 Å². The highest BCUT2D eigenvalue weighted by atomic mass is 16.5. The van der Waals surface area contributed by atoms with E-state index in [-0.39, 0.29) is 35.8 Å². The molecule has 396 valence electrons. The molecule has 0 saturated carbocycles. The van der Waals surface area contributed by atoms with Crippen molar-refractivity contribution in [1.82, 2.24) is 14.7 Å². The van der Waals surface area contributed by atoms with Gasteiger partial charge in [0, 0.05) is 74.7 Å². The van der Waals surface area contributed by atoms with Gasteiger partial charge >= 0.3 is 0 Å². The normalized spacial score (nSPS) is 18.1. The molecule has 78 heavy (non-hydrogen) atoms. The Labute approximate surface area is 452 Å². The maximum atomic E-state index is 13.1. The molecular weight excluding hydrogens is 989 g/mol. The second-order valence-corrected chi connectivity index (χ2v) is 18.9. The zero-order valence-electron chi connectivity index (χ0n) is 44.6. The van der Waals surface area contributed by atoms with Crippen molar-refractivity contribution in [3.8, 4) is 40.2 Å². The minimum atomic E-state index is -0.112. The molecule has 0 radical (unpaired) electrons. The van der Waals surface area contributed by atoms with Crippen molar-refractivity contribution in [2.24, 2.45) is 15.0 Å². The number of benzene rings is 6. The second kappa shape index (κ2) is 22.4. The Balaban J connectivity index is 0.000000132. The van der Waals surface area contributed by atoms with Crippen LogP contribution in [-0.2, 0) is 0 Å². The fourth-order valence-electron chi connectivity index (χ4n) is 10.1. The summed E-state index contributed by atoms with van der Waals surface area (Å²) in [5.41, 5.74) is 11.2. The number of amides is 3. The van der Waals surface area contributed by atoms with Gasteiger partial charge in [0.05, 0.1) is 102 Å². The summed E-state index contributed by atoms with van der Waals surface area (Å²) in [5.74, 6) is 3.79. The maximum absolute atomic E-state index is 13.1. The Morgan fingerprint density at radius 3 is 1.01 bits per heavy atom. The quantitative estimate of drug-likeness (QED) is 0.129. The molecule has 6 heterocycles. The molecule has 0 bridgehead atoms. The Morgan fingerprint density at radius 2 is 0.692 bits per heavy atom. The van der Waals surface area contributed by atoms with E-state index < -0.39 is 0 Å². The van der Waals surface area contributed by atoms with Crippen molar-refractivity contribution in [1.29, 1.82) is 0 Å². The molecule has 0 N–H and O–H groups in total. The summed E-state index contributed by atoms with van der Waals surface area (Å²) < 4.78 is 37.2. The number of aliphatic imine (C=N–C) groups is 3. The lowest BCUT2D eigenvalue weighted by molar-refractivity contribution is 0.0809. The number of rotatable bonds is 10. The van der Waals surface area contributed by atoms with Crippen molar-refractivity contribution >= 4 is 70.1 Å². The lowest BCUT2D eigenvalue weighted by atomic mass is 10.0. The second-order valence-electron chi connectivity index (χ2n) is 18.9. The highest BCUT2D eigenvalue weighted by Gasteiger charge is 2.36. The summed E-state index contributed by atoms with van der Waals surface area (Å²) in [7, 11) is 11.0. The van der Waals surface area contributed by atoms with Crippen molar-refractivity contribution in [3.05, 3.63) is 173 Å². The van der Waals surface area contributed by atoms with E-state index in [2.05, 4.69) is 58.3 Å². The predicted molar refractivity (Wildman–Crippen MR) is 301 cm³/mol. The molecule has 0 fully saturated rings. The van der Waals surface area contributed by atoms with E-state index in [1.165, 1.54) is 5.56 Å². The molecule has 0 unspecified atom stereocenters. The summed E-state index contributed by atoms with van der Waals surface area (Å²) in [6, 6.07) is 36.3. The molecule has 3 atom stereocenters. The molecule has 6 aromatic carbocycles. The molecule has 3 amide bonds. The smallest absolute Gasteiger partial charge is 0.260 e. The van der Waals surface area contributed by atoms with E-state index in [4.69, 9.17) is 33.2 Å². The van der Waals surface area contributed by atoms with Gasteiger partial charge in [0.25, 0.3) is 17.7 Å². The standard InChI is InChI=1S/C21H20N2O4.C21H20N2O3.C20H18N2O3/c1-25-16-6-4-13(5-7-16)14-8-15-11-22-18-10-20(27-3)19(26-2)9-17(18)21(24)23(15)12-14;1-13-4-6-14(7-5-13)15-8-16-11-22-18-10-20(26-3)19(25-2)9-17(18)21(24)23(16)12-15;1-24-18-9-16-17(10-19(18)25-2)21-11-15-8-14(12-22(15)20(16)23)13-6-4-3-5-7-13/h4-7,9-12,15H,8H2,1-3H3;4-7,9-12,16H,8H2,1-3H3;3-7,9-12,15H,8H2,1-2H3/t15-;16-;15-/m000/s1. The molecule has 0 aromatic heterocycles.